The van der Waals surface area contributed by atoms with E-state index in [2.05, 4.69) is 6.92 Å². The molecule has 1 atom stereocenters. The van der Waals surface area contributed by atoms with Gasteiger partial charge in [-0.15, -0.1) is 11.8 Å². The van der Waals surface area contributed by atoms with Gasteiger partial charge < -0.3 is 10.6 Å². The van der Waals surface area contributed by atoms with Crippen molar-refractivity contribution < 1.29 is 4.79 Å². The first-order chi connectivity index (χ1) is 6.13. The van der Waals surface area contributed by atoms with Crippen LogP contribution in [0.3, 0.4) is 0 Å². The predicted octanol–water partition coefficient (Wildman–Crippen LogP) is 1.28. The molecule has 0 aromatic carbocycles. The molecule has 2 N–H and O–H groups in total. The lowest BCUT2D eigenvalue weighted by atomic mass is 10.2. The van der Waals surface area contributed by atoms with Crippen LogP contribution >= 0.6 is 11.8 Å². The zero-order valence-electron chi connectivity index (χ0n) is 8.75. The number of thioether (sulfide) groups is 1. The standard InChI is InChI=1S/C9H20N2OS/c1-4-6-13-7-11(3)9(12)8(10)5-2/h8H,4-7,10H2,1-3H3. The van der Waals surface area contributed by atoms with Gasteiger partial charge in [0.2, 0.25) is 5.91 Å². The van der Waals surface area contributed by atoms with Crippen LogP contribution in [0.2, 0.25) is 0 Å². The van der Waals surface area contributed by atoms with Crippen molar-refractivity contribution >= 4 is 17.7 Å². The van der Waals surface area contributed by atoms with Crippen LogP contribution in [-0.2, 0) is 4.79 Å². The van der Waals surface area contributed by atoms with E-state index >= 15 is 0 Å². The van der Waals surface area contributed by atoms with Crippen molar-refractivity contribution in [3.05, 3.63) is 0 Å². The molecule has 1 amide bonds. The Morgan fingerprint density at radius 3 is 2.62 bits per heavy atom. The van der Waals surface area contributed by atoms with Crippen LogP contribution < -0.4 is 5.73 Å². The molecule has 0 saturated carbocycles. The Bertz CT molecular complexity index is 153. The molecule has 0 spiro atoms. The molecule has 0 fully saturated rings. The molecule has 13 heavy (non-hydrogen) atoms. The Labute approximate surface area is 85.0 Å². The summed E-state index contributed by atoms with van der Waals surface area (Å²) >= 11 is 1.77. The van der Waals surface area contributed by atoms with Gasteiger partial charge in [-0.1, -0.05) is 13.8 Å². The van der Waals surface area contributed by atoms with Crippen LogP contribution in [-0.4, -0.2) is 35.5 Å². The van der Waals surface area contributed by atoms with E-state index < -0.39 is 0 Å². The summed E-state index contributed by atoms with van der Waals surface area (Å²) in [5, 5.41) is 0. The molecule has 0 bridgehead atoms. The van der Waals surface area contributed by atoms with Crippen LogP contribution in [0.4, 0.5) is 0 Å². The molecular formula is C9H20N2OS. The van der Waals surface area contributed by atoms with Gasteiger partial charge >= 0.3 is 0 Å². The Hall–Kier alpha value is -0.220. The van der Waals surface area contributed by atoms with Crippen molar-refractivity contribution in [2.24, 2.45) is 5.73 Å². The maximum Gasteiger partial charge on any atom is 0.239 e. The first-order valence-electron chi connectivity index (χ1n) is 4.71. The highest BCUT2D eigenvalue weighted by molar-refractivity contribution is 7.99. The number of likely N-dealkylation sites (N-methyl/N-ethyl adjacent to an activating group) is 1. The molecule has 3 nitrogen and oxygen atoms in total. The van der Waals surface area contributed by atoms with Gasteiger partial charge in [-0.2, -0.15) is 0 Å². The van der Waals surface area contributed by atoms with E-state index in [-0.39, 0.29) is 11.9 Å². The molecule has 0 aliphatic rings. The van der Waals surface area contributed by atoms with Gasteiger partial charge in [-0.05, 0) is 18.6 Å². The minimum absolute atomic E-state index is 0.0473. The first kappa shape index (κ1) is 12.8. The average molecular weight is 204 g/mol. The molecule has 78 valence electrons. The van der Waals surface area contributed by atoms with Gasteiger partial charge in [0.1, 0.15) is 0 Å². The summed E-state index contributed by atoms with van der Waals surface area (Å²) < 4.78 is 0. The highest BCUT2D eigenvalue weighted by atomic mass is 32.2. The molecule has 0 rings (SSSR count). The number of amides is 1. The van der Waals surface area contributed by atoms with Crippen molar-refractivity contribution in [1.29, 1.82) is 0 Å². The van der Waals surface area contributed by atoms with Crippen molar-refractivity contribution in [1.82, 2.24) is 4.90 Å². The number of nitrogens with two attached hydrogens (primary N) is 1. The van der Waals surface area contributed by atoms with Crippen LogP contribution in [0, 0.1) is 0 Å². The second kappa shape index (κ2) is 7.21. The zero-order chi connectivity index (χ0) is 10.3. The number of carbonyl (C=O) groups excluding carboxylic acids is 1. The third kappa shape index (κ3) is 5.16. The summed E-state index contributed by atoms with van der Waals surface area (Å²) in [6.07, 6.45) is 1.86. The molecule has 0 aliphatic heterocycles. The van der Waals surface area contributed by atoms with Crippen molar-refractivity contribution in [2.75, 3.05) is 18.7 Å². The number of carbonyl (C=O) groups is 1. The van der Waals surface area contributed by atoms with E-state index in [0.717, 1.165) is 18.1 Å². The monoisotopic (exact) mass is 204 g/mol. The molecule has 4 heteroatoms. The van der Waals surface area contributed by atoms with E-state index in [1.165, 1.54) is 0 Å². The highest BCUT2D eigenvalue weighted by Gasteiger charge is 2.15. The Kier molecular flexibility index (Phi) is 7.09. The average Bonchev–Trinajstić information content (AvgIpc) is 2.15. The number of rotatable bonds is 6. The maximum atomic E-state index is 11.5. The highest BCUT2D eigenvalue weighted by Crippen LogP contribution is 2.05. The van der Waals surface area contributed by atoms with E-state index in [9.17, 15) is 4.79 Å². The minimum atomic E-state index is -0.327. The number of hydrogen-bond acceptors (Lipinski definition) is 3. The molecule has 0 aromatic heterocycles. The van der Waals surface area contributed by atoms with E-state index in [0.29, 0.717) is 6.42 Å². The fourth-order valence-corrected chi connectivity index (χ4v) is 1.69. The maximum absolute atomic E-state index is 11.5. The predicted molar refractivity (Wildman–Crippen MR) is 58.7 cm³/mol. The minimum Gasteiger partial charge on any atom is -0.335 e. The van der Waals surface area contributed by atoms with Gasteiger partial charge in [0.25, 0.3) is 0 Å². The van der Waals surface area contributed by atoms with Gasteiger partial charge in [-0.25, -0.2) is 0 Å². The largest absolute Gasteiger partial charge is 0.335 e. The first-order valence-corrected chi connectivity index (χ1v) is 5.87. The third-order valence-corrected chi connectivity index (χ3v) is 3.03. The van der Waals surface area contributed by atoms with Crippen molar-refractivity contribution in [3.8, 4) is 0 Å². The van der Waals surface area contributed by atoms with E-state index in [4.69, 9.17) is 5.73 Å². The van der Waals surface area contributed by atoms with Gasteiger partial charge in [0, 0.05) is 7.05 Å². The fourth-order valence-electron chi connectivity index (χ4n) is 0.867. The molecule has 0 radical (unpaired) electrons. The molecule has 0 aromatic rings. The van der Waals surface area contributed by atoms with Gasteiger partial charge in [-0.3, -0.25) is 4.79 Å². The topological polar surface area (TPSA) is 46.3 Å². The second-order valence-electron chi connectivity index (χ2n) is 3.09. The van der Waals surface area contributed by atoms with Gasteiger partial charge in [0.15, 0.2) is 0 Å². The SMILES string of the molecule is CCCSCN(C)C(=O)C(N)CC. The Morgan fingerprint density at radius 2 is 2.15 bits per heavy atom. The Morgan fingerprint density at radius 1 is 1.54 bits per heavy atom. The van der Waals surface area contributed by atoms with Crippen LogP contribution in [0.25, 0.3) is 0 Å². The lowest BCUT2D eigenvalue weighted by Gasteiger charge is -2.19. The lowest BCUT2D eigenvalue weighted by molar-refractivity contribution is -0.130. The Balaban J connectivity index is 3.69. The van der Waals surface area contributed by atoms with Crippen LogP contribution in [0.15, 0.2) is 0 Å². The normalized spacial score (nSPS) is 12.6. The smallest absolute Gasteiger partial charge is 0.239 e. The fraction of sp³-hybridized carbons (Fsp3) is 0.889. The summed E-state index contributed by atoms with van der Waals surface area (Å²) in [6, 6.07) is -0.327. The lowest BCUT2D eigenvalue weighted by Crippen LogP contribution is -2.41. The zero-order valence-corrected chi connectivity index (χ0v) is 9.56. The summed E-state index contributed by atoms with van der Waals surface area (Å²) in [4.78, 5) is 13.2. The molecule has 1 unspecified atom stereocenters. The number of hydrogen-bond donors (Lipinski definition) is 1. The summed E-state index contributed by atoms with van der Waals surface area (Å²) in [6.45, 7) is 4.06. The molecule has 0 heterocycles. The second-order valence-corrected chi connectivity index (χ2v) is 4.16. The molecule has 0 aliphatic carbocycles. The van der Waals surface area contributed by atoms with Gasteiger partial charge in [0.05, 0.1) is 11.9 Å². The number of nitrogens with zero attached hydrogens (tertiary/aromatic N) is 1. The molecular weight excluding hydrogens is 184 g/mol. The van der Waals surface area contributed by atoms with Crippen LogP contribution in [0.5, 0.6) is 0 Å². The van der Waals surface area contributed by atoms with E-state index in [1.54, 1.807) is 23.7 Å². The summed E-state index contributed by atoms with van der Waals surface area (Å²) in [7, 11) is 1.81. The summed E-state index contributed by atoms with van der Waals surface area (Å²) in [5.74, 6) is 1.89. The van der Waals surface area contributed by atoms with Crippen molar-refractivity contribution in [2.45, 2.75) is 32.7 Å². The van der Waals surface area contributed by atoms with E-state index in [1.807, 2.05) is 6.92 Å². The molecule has 0 saturated heterocycles. The van der Waals surface area contributed by atoms with Crippen LogP contribution in [0.1, 0.15) is 26.7 Å². The van der Waals surface area contributed by atoms with Crippen molar-refractivity contribution in [3.63, 3.8) is 0 Å². The summed E-state index contributed by atoms with van der Waals surface area (Å²) in [5.41, 5.74) is 5.62. The third-order valence-electron chi connectivity index (χ3n) is 1.77. The quantitative estimate of drug-likeness (QED) is 0.524.